The van der Waals surface area contributed by atoms with Gasteiger partial charge in [-0.1, -0.05) is 13.3 Å². The van der Waals surface area contributed by atoms with E-state index in [2.05, 4.69) is 0 Å². The van der Waals surface area contributed by atoms with Crippen molar-refractivity contribution in [3.05, 3.63) is 0 Å². The number of halogens is 3. The molecule has 1 aliphatic heterocycles. The van der Waals surface area contributed by atoms with E-state index in [1.54, 1.807) is 0 Å². The number of hydrogen-bond donors (Lipinski definition) is 0. The quantitative estimate of drug-likeness (QED) is 0.631. The van der Waals surface area contributed by atoms with Crippen LogP contribution in [0.2, 0.25) is 0 Å². The summed E-state index contributed by atoms with van der Waals surface area (Å²) in [5, 5.41) is 0. The Morgan fingerprint density at radius 3 is 2.50 bits per heavy atom. The van der Waals surface area contributed by atoms with E-state index in [0.29, 0.717) is 19.0 Å². The van der Waals surface area contributed by atoms with Crippen LogP contribution >= 0.6 is 0 Å². The van der Waals surface area contributed by atoms with Gasteiger partial charge in [0.15, 0.2) is 0 Å². The fourth-order valence-electron chi connectivity index (χ4n) is 1.64. The normalized spacial score (nSPS) is 26.5. The fourth-order valence-corrected chi connectivity index (χ4v) is 1.64. The number of rotatable bonds is 2. The van der Waals surface area contributed by atoms with Gasteiger partial charge in [-0.2, -0.15) is 13.2 Å². The third-order valence-corrected chi connectivity index (χ3v) is 2.35. The van der Waals surface area contributed by atoms with Gasteiger partial charge in [0.05, 0.1) is 6.54 Å². The molecule has 4 heteroatoms. The highest BCUT2D eigenvalue weighted by atomic mass is 19.4. The minimum absolute atomic E-state index is 0.479. The second kappa shape index (κ2) is 3.64. The van der Waals surface area contributed by atoms with E-state index >= 15 is 0 Å². The summed E-state index contributed by atoms with van der Waals surface area (Å²) in [6, 6.07) is 0. The summed E-state index contributed by atoms with van der Waals surface area (Å²) in [4.78, 5) is 1.49. The molecule has 0 aliphatic carbocycles. The molecule has 0 saturated carbocycles. The van der Waals surface area contributed by atoms with Crippen LogP contribution in [0.5, 0.6) is 0 Å². The minimum Gasteiger partial charge on any atom is -0.295 e. The smallest absolute Gasteiger partial charge is 0.295 e. The van der Waals surface area contributed by atoms with Crippen LogP contribution in [0.25, 0.3) is 0 Å². The Hall–Kier alpha value is -0.250. The topological polar surface area (TPSA) is 3.24 Å². The molecule has 0 aromatic carbocycles. The summed E-state index contributed by atoms with van der Waals surface area (Å²) in [7, 11) is 0. The molecule has 0 aromatic rings. The van der Waals surface area contributed by atoms with Crippen LogP contribution in [0.4, 0.5) is 13.2 Å². The lowest BCUT2D eigenvalue weighted by atomic mass is 10.1. The highest BCUT2D eigenvalue weighted by Gasteiger charge is 2.33. The molecule has 0 aromatic heterocycles. The van der Waals surface area contributed by atoms with Gasteiger partial charge in [-0.05, 0) is 18.9 Å². The SMILES string of the molecule is CCC1CCN(CC(F)(F)F)C1. The zero-order valence-corrected chi connectivity index (χ0v) is 7.19. The van der Waals surface area contributed by atoms with Crippen molar-refractivity contribution < 1.29 is 13.2 Å². The first kappa shape index (κ1) is 9.84. The van der Waals surface area contributed by atoms with E-state index in [1.807, 2.05) is 6.92 Å². The van der Waals surface area contributed by atoms with Crippen molar-refractivity contribution in [2.75, 3.05) is 19.6 Å². The Labute approximate surface area is 70.5 Å². The van der Waals surface area contributed by atoms with E-state index in [4.69, 9.17) is 0 Å². The van der Waals surface area contributed by atoms with E-state index in [0.717, 1.165) is 12.8 Å². The summed E-state index contributed by atoms with van der Waals surface area (Å²) in [6.07, 6.45) is -2.11. The van der Waals surface area contributed by atoms with Crippen molar-refractivity contribution in [1.29, 1.82) is 0 Å². The van der Waals surface area contributed by atoms with Crippen LogP contribution in [0.3, 0.4) is 0 Å². The molecule has 0 radical (unpaired) electrons. The number of nitrogens with zero attached hydrogens (tertiary/aromatic N) is 1. The third kappa shape index (κ3) is 3.01. The zero-order valence-electron chi connectivity index (χ0n) is 7.19. The Kier molecular flexibility index (Phi) is 2.99. The summed E-state index contributed by atoms with van der Waals surface area (Å²) < 4.78 is 35.7. The third-order valence-electron chi connectivity index (χ3n) is 2.35. The average molecular weight is 181 g/mol. The molecule has 1 fully saturated rings. The summed E-state index contributed by atoms with van der Waals surface area (Å²) in [6.45, 7) is 2.53. The molecule has 0 N–H and O–H groups in total. The minimum atomic E-state index is -4.03. The lowest BCUT2D eigenvalue weighted by Gasteiger charge is -2.17. The van der Waals surface area contributed by atoms with Crippen LogP contribution in [0, 0.1) is 5.92 Å². The molecule has 0 spiro atoms. The van der Waals surface area contributed by atoms with E-state index in [1.165, 1.54) is 4.90 Å². The molecular formula is C8H14F3N. The van der Waals surface area contributed by atoms with Gasteiger partial charge < -0.3 is 0 Å². The Morgan fingerprint density at radius 1 is 1.42 bits per heavy atom. The predicted molar refractivity (Wildman–Crippen MR) is 40.9 cm³/mol. The number of hydrogen-bond acceptors (Lipinski definition) is 1. The van der Waals surface area contributed by atoms with Gasteiger partial charge in [0.25, 0.3) is 0 Å². The molecule has 1 aliphatic rings. The molecule has 1 unspecified atom stereocenters. The molecule has 1 heterocycles. The van der Waals surface area contributed by atoms with Crippen LogP contribution in [-0.4, -0.2) is 30.7 Å². The lowest BCUT2D eigenvalue weighted by molar-refractivity contribution is -0.143. The highest BCUT2D eigenvalue weighted by Crippen LogP contribution is 2.23. The molecule has 1 nitrogen and oxygen atoms in total. The van der Waals surface area contributed by atoms with E-state index in [9.17, 15) is 13.2 Å². The molecule has 1 saturated heterocycles. The van der Waals surface area contributed by atoms with Gasteiger partial charge in [0.2, 0.25) is 0 Å². The molecule has 0 bridgehead atoms. The maximum Gasteiger partial charge on any atom is 0.401 e. The van der Waals surface area contributed by atoms with Crippen LogP contribution in [0.15, 0.2) is 0 Å². The number of alkyl halides is 3. The van der Waals surface area contributed by atoms with Crippen molar-refractivity contribution in [2.45, 2.75) is 25.9 Å². The first-order valence-electron chi connectivity index (χ1n) is 4.30. The van der Waals surface area contributed by atoms with Crippen molar-refractivity contribution >= 4 is 0 Å². The van der Waals surface area contributed by atoms with Gasteiger partial charge in [0.1, 0.15) is 0 Å². The lowest BCUT2D eigenvalue weighted by Crippen LogP contribution is -2.32. The first-order valence-corrected chi connectivity index (χ1v) is 4.30. The predicted octanol–water partition coefficient (Wildman–Crippen LogP) is 2.28. The first-order chi connectivity index (χ1) is 5.51. The van der Waals surface area contributed by atoms with Crippen LogP contribution in [-0.2, 0) is 0 Å². The summed E-state index contributed by atoms with van der Waals surface area (Å²) in [5.41, 5.74) is 0. The largest absolute Gasteiger partial charge is 0.401 e. The van der Waals surface area contributed by atoms with Crippen LogP contribution < -0.4 is 0 Å². The molecule has 0 amide bonds. The maximum atomic E-state index is 11.9. The van der Waals surface area contributed by atoms with Crippen LogP contribution in [0.1, 0.15) is 19.8 Å². The molecule has 1 rings (SSSR count). The monoisotopic (exact) mass is 181 g/mol. The maximum absolute atomic E-state index is 11.9. The molecule has 1 atom stereocenters. The van der Waals surface area contributed by atoms with Gasteiger partial charge >= 0.3 is 6.18 Å². The zero-order chi connectivity index (χ0) is 9.19. The van der Waals surface area contributed by atoms with Gasteiger partial charge in [-0.25, -0.2) is 0 Å². The van der Waals surface area contributed by atoms with Gasteiger partial charge in [-0.3, -0.25) is 4.90 Å². The highest BCUT2D eigenvalue weighted by molar-refractivity contribution is 4.76. The van der Waals surface area contributed by atoms with E-state index in [-0.39, 0.29) is 0 Å². The average Bonchev–Trinajstić information content (AvgIpc) is 2.32. The second-order valence-corrected chi connectivity index (χ2v) is 3.41. The van der Waals surface area contributed by atoms with Crippen molar-refractivity contribution in [1.82, 2.24) is 4.90 Å². The summed E-state index contributed by atoms with van der Waals surface area (Å²) in [5.74, 6) is 0.479. The number of likely N-dealkylation sites (tertiary alicyclic amines) is 1. The van der Waals surface area contributed by atoms with Crippen molar-refractivity contribution in [2.24, 2.45) is 5.92 Å². The van der Waals surface area contributed by atoms with Crippen molar-refractivity contribution in [3.63, 3.8) is 0 Å². The van der Waals surface area contributed by atoms with Gasteiger partial charge in [0, 0.05) is 6.54 Å². The Bertz CT molecular complexity index is 144. The van der Waals surface area contributed by atoms with E-state index < -0.39 is 12.7 Å². The molecular weight excluding hydrogens is 167 g/mol. The Balaban J connectivity index is 2.28. The summed E-state index contributed by atoms with van der Waals surface area (Å²) >= 11 is 0. The fraction of sp³-hybridized carbons (Fsp3) is 1.00. The van der Waals surface area contributed by atoms with Crippen molar-refractivity contribution in [3.8, 4) is 0 Å². The van der Waals surface area contributed by atoms with Gasteiger partial charge in [-0.15, -0.1) is 0 Å². The standard InChI is InChI=1S/C8H14F3N/c1-2-7-3-4-12(5-7)6-8(9,10)11/h7H,2-6H2,1H3. The molecule has 12 heavy (non-hydrogen) atoms. The second-order valence-electron chi connectivity index (χ2n) is 3.41. The molecule has 72 valence electrons. The Morgan fingerprint density at radius 2 is 2.08 bits per heavy atom.